The van der Waals surface area contributed by atoms with Gasteiger partial charge < -0.3 is 4.42 Å². The maximum Gasteiger partial charge on any atom is 0.195 e. The third-order valence-corrected chi connectivity index (χ3v) is 5.64. The van der Waals surface area contributed by atoms with Crippen LogP contribution in [0.3, 0.4) is 0 Å². The number of thioether (sulfide) groups is 1. The van der Waals surface area contributed by atoms with E-state index in [1.165, 1.54) is 12.8 Å². The molecule has 0 unspecified atom stereocenters. The van der Waals surface area contributed by atoms with Crippen molar-refractivity contribution in [2.24, 2.45) is 5.41 Å². The summed E-state index contributed by atoms with van der Waals surface area (Å²) in [6.45, 7) is 0. The van der Waals surface area contributed by atoms with Gasteiger partial charge >= 0.3 is 0 Å². The summed E-state index contributed by atoms with van der Waals surface area (Å²) in [5, 5.41) is 0. The first-order valence-corrected chi connectivity index (χ1v) is 9.68. The van der Waals surface area contributed by atoms with Gasteiger partial charge in [-0.15, -0.1) is 11.8 Å². The van der Waals surface area contributed by atoms with Crippen LogP contribution < -0.4 is 0 Å². The maximum atomic E-state index is 5.84. The molecule has 0 N–H and O–H groups in total. The highest BCUT2D eigenvalue weighted by Crippen LogP contribution is 2.52. The molecule has 1 fully saturated rings. The Balaban J connectivity index is 1.33. The van der Waals surface area contributed by atoms with Crippen molar-refractivity contribution in [3.05, 3.63) is 48.4 Å². The van der Waals surface area contributed by atoms with Crippen molar-refractivity contribution in [2.75, 3.05) is 6.26 Å². The zero-order valence-electron chi connectivity index (χ0n) is 13.9. The van der Waals surface area contributed by atoms with Crippen molar-refractivity contribution in [2.45, 2.75) is 43.4 Å². The number of oxazole rings is 1. The van der Waals surface area contributed by atoms with E-state index in [1.54, 1.807) is 11.8 Å². The molecule has 24 heavy (non-hydrogen) atoms. The molecule has 2 aromatic heterocycles. The Morgan fingerprint density at radius 2 is 1.83 bits per heavy atom. The molecule has 0 aliphatic heterocycles. The highest BCUT2D eigenvalue weighted by molar-refractivity contribution is 7.98. The molecule has 3 aromatic rings. The van der Waals surface area contributed by atoms with E-state index in [9.17, 15) is 0 Å². The summed E-state index contributed by atoms with van der Waals surface area (Å²) >= 11 is 1.68. The number of hydrogen-bond acceptors (Lipinski definition) is 5. The molecule has 1 aliphatic carbocycles. The van der Waals surface area contributed by atoms with E-state index in [-0.39, 0.29) is 0 Å². The molecule has 0 amide bonds. The van der Waals surface area contributed by atoms with Crippen LogP contribution in [-0.2, 0) is 12.8 Å². The first kappa shape index (κ1) is 15.6. The minimum atomic E-state index is 0.447. The molecule has 124 valence electrons. The summed E-state index contributed by atoms with van der Waals surface area (Å²) in [7, 11) is 0. The van der Waals surface area contributed by atoms with Gasteiger partial charge in [0.15, 0.2) is 11.5 Å². The Morgan fingerprint density at radius 3 is 2.54 bits per heavy atom. The lowest BCUT2D eigenvalue weighted by Gasteiger charge is -2.13. The number of fused-ring (bicyclic) bond motifs is 1. The van der Waals surface area contributed by atoms with Crippen molar-refractivity contribution in [1.29, 1.82) is 0 Å². The predicted octanol–water partition coefficient (Wildman–Crippen LogP) is 4.69. The lowest BCUT2D eigenvalue weighted by atomic mass is 9.94. The lowest BCUT2D eigenvalue weighted by Crippen LogP contribution is -2.06. The van der Waals surface area contributed by atoms with Gasteiger partial charge in [0.25, 0.3) is 0 Å². The summed E-state index contributed by atoms with van der Waals surface area (Å²) in [5.74, 6) is 1.82. The van der Waals surface area contributed by atoms with Gasteiger partial charge in [-0.25, -0.2) is 15.0 Å². The molecule has 0 saturated heterocycles. The number of nitrogens with zero attached hydrogens (tertiary/aromatic N) is 3. The molecule has 4 nitrogen and oxygen atoms in total. The predicted molar refractivity (Wildman–Crippen MR) is 96.1 cm³/mol. The minimum absolute atomic E-state index is 0.447. The van der Waals surface area contributed by atoms with E-state index in [4.69, 9.17) is 4.42 Å². The molecule has 0 atom stereocenters. The number of hydrogen-bond donors (Lipinski definition) is 0. The Kier molecular flexibility index (Phi) is 4.27. The Bertz CT molecular complexity index is 791. The van der Waals surface area contributed by atoms with Gasteiger partial charge in [-0.3, -0.25) is 0 Å². The zero-order valence-corrected chi connectivity index (χ0v) is 14.7. The highest BCUT2D eigenvalue weighted by atomic mass is 32.2. The molecule has 5 heteroatoms. The van der Waals surface area contributed by atoms with Gasteiger partial charge in [0.05, 0.1) is 0 Å². The molecule has 2 heterocycles. The largest absolute Gasteiger partial charge is 0.441 e. The van der Waals surface area contributed by atoms with Crippen LogP contribution in [0.2, 0.25) is 0 Å². The number of rotatable bonds is 7. The standard InChI is InChI=1S/C19H21N3OS/c1-24-14-12-20-17(21-13-14)6-8-19(10-11-19)9-7-18-22-15-4-2-3-5-16(15)23-18/h2-5,12-13H,6-11H2,1H3. The maximum absolute atomic E-state index is 5.84. The summed E-state index contributed by atoms with van der Waals surface area (Å²) in [6.07, 6.45) is 12.7. The van der Waals surface area contributed by atoms with E-state index >= 15 is 0 Å². The van der Waals surface area contributed by atoms with Crippen molar-refractivity contribution in [3.63, 3.8) is 0 Å². The normalized spacial score (nSPS) is 15.7. The van der Waals surface area contributed by atoms with E-state index in [0.717, 1.165) is 53.4 Å². The van der Waals surface area contributed by atoms with Crippen molar-refractivity contribution < 1.29 is 4.42 Å². The monoisotopic (exact) mass is 339 g/mol. The van der Waals surface area contributed by atoms with E-state index < -0.39 is 0 Å². The van der Waals surface area contributed by atoms with Crippen LogP contribution in [-0.4, -0.2) is 21.2 Å². The smallest absolute Gasteiger partial charge is 0.195 e. The van der Waals surface area contributed by atoms with E-state index in [0.29, 0.717) is 5.41 Å². The topological polar surface area (TPSA) is 51.8 Å². The second-order valence-electron chi connectivity index (χ2n) is 6.61. The summed E-state index contributed by atoms with van der Waals surface area (Å²) in [5.41, 5.74) is 2.29. The Labute approximate surface area is 146 Å². The average Bonchev–Trinajstić information content (AvgIpc) is 3.28. The molecule has 4 rings (SSSR count). The Morgan fingerprint density at radius 1 is 1.08 bits per heavy atom. The molecule has 1 saturated carbocycles. The quantitative estimate of drug-likeness (QED) is 0.585. The first-order chi connectivity index (χ1) is 11.8. The summed E-state index contributed by atoms with van der Waals surface area (Å²) in [6, 6.07) is 7.97. The van der Waals surface area contributed by atoms with Crippen LogP contribution in [0.5, 0.6) is 0 Å². The number of benzene rings is 1. The molecular formula is C19H21N3OS. The molecule has 1 aliphatic rings. The van der Waals surface area contributed by atoms with Gasteiger partial charge in [-0.1, -0.05) is 12.1 Å². The van der Waals surface area contributed by atoms with Crippen LogP contribution in [0.1, 0.15) is 37.4 Å². The molecule has 1 aromatic carbocycles. The zero-order chi connectivity index (χ0) is 16.4. The van der Waals surface area contributed by atoms with Crippen LogP contribution in [0.4, 0.5) is 0 Å². The van der Waals surface area contributed by atoms with Gasteiger partial charge in [0, 0.05) is 30.1 Å². The molecule has 0 radical (unpaired) electrons. The molecular weight excluding hydrogens is 318 g/mol. The Hall–Kier alpha value is -1.88. The van der Waals surface area contributed by atoms with Crippen LogP contribution in [0.25, 0.3) is 11.1 Å². The fourth-order valence-electron chi connectivity index (χ4n) is 3.16. The summed E-state index contributed by atoms with van der Waals surface area (Å²) < 4.78 is 5.84. The fraction of sp³-hybridized carbons (Fsp3) is 0.421. The van der Waals surface area contributed by atoms with Gasteiger partial charge in [0.1, 0.15) is 11.3 Å². The van der Waals surface area contributed by atoms with Crippen molar-refractivity contribution in [1.82, 2.24) is 15.0 Å². The fourth-order valence-corrected chi connectivity index (χ4v) is 3.47. The van der Waals surface area contributed by atoms with Crippen molar-refractivity contribution in [3.8, 4) is 0 Å². The SMILES string of the molecule is CSc1cnc(CCC2(CCc3nc4ccccc4o3)CC2)nc1. The third-order valence-electron chi connectivity index (χ3n) is 4.96. The van der Waals surface area contributed by atoms with Crippen LogP contribution >= 0.6 is 11.8 Å². The first-order valence-electron chi connectivity index (χ1n) is 8.46. The third kappa shape index (κ3) is 3.46. The van der Waals surface area contributed by atoms with Gasteiger partial charge in [-0.05, 0) is 49.5 Å². The van der Waals surface area contributed by atoms with E-state index in [2.05, 4.69) is 15.0 Å². The van der Waals surface area contributed by atoms with Crippen LogP contribution in [0.15, 0.2) is 46.0 Å². The second kappa shape index (κ2) is 6.55. The highest BCUT2D eigenvalue weighted by Gasteiger charge is 2.41. The van der Waals surface area contributed by atoms with Crippen LogP contribution in [0, 0.1) is 5.41 Å². The summed E-state index contributed by atoms with van der Waals surface area (Å²) in [4.78, 5) is 14.6. The molecule has 0 spiro atoms. The number of aryl methyl sites for hydroxylation is 2. The minimum Gasteiger partial charge on any atom is -0.441 e. The number of para-hydroxylation sites is 2. The van der Waals surface area contributed by atoms with Crippen molar-refractivity contribution >= 4 is 22.9 Å². The molecule has 0 bridgehead atoms. The van der Waals surface area contributed by atoms with Gasteiger partial charge in [-0.2, -0.15) is 0 Å². The second-order valence-corrected chi connectivity index (χ2v) is 7.49. The number of aromatic nitrogens is 3. The lowest BCUT2D eigenvalue weighted by molar-refractivity contribution is 0.399. The van der Waals surface area contributed by atoms with Gasteiger partial charge in [0.2, 0.25) is 0 Å². The van der Waals surface area contributed by atoms with E-state index in [1.807, 2.05) is 42.9 Å². The average molecular weight is 339 g/mol.